The van der Waals surface area contributed by atoms with Gasteiger partial charge in [0.25, 0.3) is 0 Å². The number of unbranched alkanes of at least 4 members (excludes halogenated alkanes) is 6. The fourth-order valence-corrected chi connectivity index (χ4v) is 1.55. The van der Waals surface area contributed by atoms with E-state index in [2.05, 4.69) is 17.9 Å². The monoisotopic (exact) mass is 280 g/mol. The topological polar surface area (TPSA) is 67.5 Å². The number of hydrogen-bond donors (Lipinski definition) is 1. The van der Waals surface area contributed by atoms with Gasteiger partial charge in [0, 0.05) is 6.07 Å². The molecule has 0 aliphatic carbocycles. The molecule has 0 unspecified atom stereocenters. The third kappa shape index (κ3) is 10.1. The lowest BCUT2D eigenvalue weighted by Crippen LogP contribution is -2.00. The summed E-state index contributed by atoms with van der Waals surface area (Å²) in [4.78, 5) is 20.4. The van der Waals surface area contributed by atoms with Gasteiger partial charge in [0.05, 0.1) is 5.56 Å². The summed E-state index contributed by atoms with van der Waals surface area (Å²) in [6.07, 6.45) is 12.5. The third-order valence-electron chi connectivity index (χ3n) is 2.71. The number of carbonyl (C=O) groups is 1. The molecule has 0 spiro atoms. The molecular formula is C16H24O4. The summed E-state index contributed by atoms with van der Waals surface area (Å²) in [6, 6.07) is 2.25. The van der Waals surface area contributed by atoms with Crippen LogP contribution in [0.2, 0.25) is 0 Å². The van der Waals surface area contributed by atoms with Crippen LogP contribution in [-0.2, 0) is 0 Å². The van der Waals surface area contributed by atoms with Gasteiger partial charge in [-0.25, -0.2) is 9.59 Å². The summed E-state index contributed by atoms with van der Waals surface area (Å²) in [7, 11) is 0. The van der Waals surface area contributed by atoms with Gasteiger partial charge in [0.2, 0.25) is 0 Å². The van der Waals surface area contributed by atoms with Gasteiger partial charge >= 0.3 is 11.6 Å². The van der Waals surface area contributed by atoms with Crippen molar-refractivity contribution in [2.75, 3.05) is 0 Å². The van der Waals surface area contributed by atoms with E-state index in [1.54, 1.807) is 0 Å². The van der Waals surface area contributed by atoms with Crippen LogP contribution in [0.15, 0.2) is 40.3 Å². The molecule has 112 valence electrons. The van der Waals surface area contributed by atoms with Crippen LogP contribution in [0.1, 0.15) is 62.2 Å². The Bertz CT molecular complexity index is 414. The summed E-state index contributed by atoms with van der Waals surface area (Å²) >= 11 is 0. The molecule has 1 N–H and O–H groups in total. The van der Waals surface area contributed by atoms with Gasteiger partial charge in [0.15, 0.2) is 0 Å². The predicted molar refractivity (Wildman–Crippen MR) is 80.1 cm³/mol. The molecular weight excluding hydrogens is 256 g/mol. The van der Waals surface area contributed by atoms with E-state index >= 15 is 0 Å². The Kier molecular flexibility index (Phi) is 11.1. The maximum Gasteiger partial charge on any atom is 0.338 e. The van der Waals surface area contributed by atoms with Crippen LogP contribution in [0.5, 0.6) is 0 Å². The molecule has 0 bridgehead atoms. The van der Waals surface area contributed by atoms with E-state index in [1.807, 2.05) is 6.08 Å². The summed E-state index contributed by atoms with van der Waals surface area (Å²) < 4.78 is 4.28. The third-order valence-corrected chi connectivity index (χ3v) is 2.71. The van der Waals surface area contributed by atoms with Gasteiger partial charge < -0.3 is 9.52 Å². The van der Waals surface area contributed by atoms with Gasteiger partial charge in [-0.05, 0) is 18.9 Å². The SMILES string of the molecule is C=CCCCCCCCC.O=C(O)c1ccc(=O)oc1. The Hall–Kier alpha value is -1.84. The van der Waals surface area contributed by atoms with Crippen LogP contribution in [0.25, 0.3) is 0 Å². The highest BCUT2D eigenvalue weighted by Crippen LogP contribution is 2.06. The van der Waals surface area contributed by atoms with Crippen molar-refractivity contribution >= 4 is 5.97 Å². The zero-order valence-electron chi connectivity index (χ0n) is 12.1. The van der Waals surface area contributed by atoms with E-state index in [4.69, 9.17) is 5.11 Å². The van der Waals surface area contributed by atoms with E-state index in [9.17, 15) is 9.59 Å². The summed E-state index contributed by atoms with van der Waals surface area (Å²) in [5.41, 5.74) is -0.579. The second kappa shape index (κ2) is 12.2. The minimum Gasteiger partial charge on any atom is -0.478 e. The van der Waals surface area contributed by atoms with Crippen LogP contribution in [0.4, 0.5) is 0 Å². The number of rotatable bonds is 8. The average Bonchev–Trinajstić information content (AvgIpc) is 2.44. The number of hydrogen-bond acceptors (Lipinski definition) is 3. The van der Waals surface area contributed by atoms with Crippen molar-refractivity contribution in [2.24, 2.45) is 0 Å². The molecule has 0 atom stereocenters. The van der Waals surface area contributed by atoms with Crippen molar-refractivity contribution in [1.82, 2.24) is 0 Å². The highest BCUT2D eigenvalue weighted by atomic mass is 16.4. The molecule has 0 saturated carbocycles. The first-order valence-corrected chi connectivity index (χ1v) is 7.04. The lowest BCUT2D eigenvalue weighted by molar-refractivity contribution is 0.0694. The number of carboxylic acid groups (broad SMARTS) is 1. The first-order chi connectivity index (χ1) is 9.61. The summed E-state index contributed by atoms with van der Waals surface area (Å²) in [5.74, 6) is -1.11. The fourth-order valence-electron chi connectivity index (χ4n) is 1.55. The highest BCUT2D eigenvalue weighted by Gasteiger charge is 2.00. The molecule has 0 aromatic carbocycles. The molecule has 0 aliphatic heterocycles. The van der Waals surface area contributed by atoms with Crippen molar-refractivity contribution < 1.29 is 14.3 Å². The van der Waals surface area contributed by atoms with Crippen LogP contribution < -0.4 is 5.63 Å². The van der Waals surface area contributed by atoms with Gasteiger partial charge in [-0.1, -0.05) is 45.1 Å². The maximum atomic E-state index is 10.3. The molecule has 1 aromatic heterocycles. The minimum absolute atomic E-state index is 0.0281. The zero-order chi connectivity index (χ0) is 15.2. The molecule has 4 nitrogen and oxygen atoms in total. The van der Waals surface area contributed by atoms with Gasteiger partial charge in [0.1, 0.15) is 6.26 Å². The van der Waals surface area contributed by atoms with Crippen LogP contribution in [0.3, 0.4) is 0 Å². The Balaban J connectivity index is 0.000000361. The summed E-state index contributed by atoms with van der Waals surface area (Å²) in [5, 5.41) is 8.31. The van der Waals surface area contributed by atoms with E-state index in [0.717, 1.165) is 12.3 Å². The van der Waals surface area contributed by atoms with Crippen LogP contribution >= 0.6 is 0 Å². The second-order valence-electron chi connectivity index (χ2n) is 4.49. The molecule has 20 heavy (non-hydrogen) atoms. The fraction of sp³-hybridized carbons (Fsp3) is 0.500. The van der Waals surface area contributed by atoms with Crippen molar-refractivity contribution in [3.63, 3.8) is 0 Å². The lowest BCUT2D eigenvalue weighted by atomic mass is 10.1. The average molecular weight is 280 g/mol. The largest absolute Gasteiger partial charge is 0.478 e. The molecule has 0 aliphatic rings. The highest BCUT2D eigenvalue weighted by molar-refractivity contribution is 5.86. The minimum atomic E-state index is -1.11. The quantitative estimate of drug-likeness (QED) is 0.570. The van der Waals surface area contributed by atoms with E-state index in [-0.39, 0.29) is 5.56 Å². The molecule has 0 radical (unpaired) electrons. The van der Waals surface area contributed by atoms with Gasteiger partial charge in [-0.15, -0.1) is 6.58 Å². The zero-order valence-corrected chi connectivity index (χ0v) is 12.1. The molecule has 0 fully saturated rings. The Morgan fingerprint density at radius 3 is 2.40 bits per heavy atom. The molecule has 4 heteroatoms. The molecule has 0 amide bonds. The Morgan fingerprint density at radius 1 is 1.25 bits per heavy atom. The van der Waals surface area contributed by atoms with E-state index in [0.29, 0.717) is 0 Å². The van der Waals surface area contributed by atoms with Crippen LogP contribution in [0, 0.1) is 0 Å². The van der Waals surface area contributed by atoms with Crippen molar-refractivity contribution in [3.05, 3.63) is 47.0 Å². The first kappa shape index (κ1) is 18.2. The molecule has 1 heterocycles. The van der Waals surface area contributed by atoms with Gasteiger partial charge in [-0.2, -0.15) is 0 Å². The van der Waals surface area contributed by atoms with Crippen molar-refractivity contribution in [3.8, 4) is 0 Å². The van der Waals surface area contributed by atoms with E-state index in [1.165, 1.54) is 51.0 Å². The van der Waals surface area contributed by atoms with Crippen LogP contribution in [-0.4, -0.2) is 11.1 Å². The number of allylic oxidation sites excluding steroid dienone is 1. The smallest absolute Gasteiger partial charge is 0.338 e. The van der Waals surface area contributed by atoms with Gasteiger partial charge in [-0.3, -0.25) is 0 Å². The number of carboxylic acids is 1. The van der Waals surface area contributed by atoms with Crippen molar-refractivity contribution in [1.29, 1.82) is 0 Å². The lowest BCUT2D eigenvalue weighted by Gasteiger charge is -1.96. The first-order valence-electron chi connectivity index (χ1n) is 7.04. The normalized spacial score (nSPS) is 9.45. The predicted octanol–water partition coefficient (Wildman–Crippen LogP) is 4.26. The molecule has 1 aromatic rings. The standard InChI is InChI=1S/C10H20.C6H4O4/c1-3-5-7-9-10-8-6-4-2;7-5-2-1-4(3-10-5)6(8)9/h3H,1,4-10H2,2H3;1-3H,(H,8,9). The summed E-state index contributed by atoms with van der Waals surface area (Å²) in [6.45, 7) is 5.95. The molecule has 0 saturated heterocycles. The van der Waals surface area contributed by atoms with E-state index < -0.39 is 11.6 Å². The second-order valence-corrected chi connectivity index (χ2v) is 4.49. The molecule has 1 rings (SSSR count). The maximum absolute atomic E-state index is 10.3. The van der Waals surface area contributed by atoms with Crippen molar-refractivity contribution in [2.45, 2.75) is 51.9 Å². The Morgan fingerprint density at radius 2 is 1.90 bits per heavy atom. The Labute approximate surface area is 120 Å². The number of aromatic carboxylic acids is 1.